The first-order valence-corrected chi connectivity index (χ1v) is 7.27. The highest BCUT2D eigenvalue weighted by Crippen LogP contribution is 2.21. The zero-order chi connectivity index (χ0) is 15.2. The van der Waals surface area contributed by atoms with Crippen molar-refractivity contribution < 1.29 is 9.13 Å². The topological polar surface area (TPSA) is 35.2 Å². The molecule has 2 rings (SSSR count). The normalized spacial score (nSPS) is 12.2. The number of nitrogens with two attached hydrogens (primary N) is 1. The molecular weight excluding hydrogens is 289 g/mol. The lowest BCUT2D eigenvalue weighted by Crippen LogP contribution is -2.19. The van der Waals surface area contributed by atoms with E-state index in [1.165, 1.54) is 11.6 Å². The summed E-state index contributed by atoms with van der Waals surface area (Å²) >= 11 is 5.82. The fourth-order valence-electron chi connectivity index (χ4n) is 2.37. The maximum Gasteiger partial charge on any atom is 0.141 e. The predicted molar refractivity (Wildman–Crippen MR) is 84.4 cm³/mol. The second-order valence-corrected chi connectivity index (χ2v) is 5.52. The summed E-state index contributed by atoms with van der Waals surface area (Å²) in [5.41, 5.74) is 8.05. The van der Waals surface area contributed by atoms with Gasteiger partial charge in [-0.1, -0.05) is 29.8 Å². The van der Waals surface area contributed by atoms with Gasteiger partial charge in [-0.15, -0.1) is 0 Å². The lowest BCUT2D eigenvalue weighted by Gasteiger charge is -2.15. The second kappa shape index (κ2) is 7.43. The molecule has 0 saturated carbocycles. The van der Waals surface area contributed by atoms with E-state index in [9.17, 15) is 4.39 Å². The van der Waals surface area contributed by atoms with Gasteiger partial charge in [-0.2, -0.15) is 0 Å². The fraction of sp³-hybridized carbons (Fsp3) is 0.294. The molecule has 0 radical (unpaired) electrons. The third-order valence-electron chi connectivity index (χ3n) is 3.50. The minimum Gasteiger partial charge on any atom is -0.497 e. The van der Waals surface area contributed by atoms with Gasteiger partial charge < -0.3 is 10.5 Å². The first kappa shape index (κ1) is 15.8. The molecule has 0 aliphatic rings. The molecule has 2 N–H and O–H groups in total. The van der Waals surface area contributed by atoms with Crippen LogP contribution < -0.4 is 10.5 Å². The van der Waals surface area contributed by atoms with Crippen LogP contribution >= 0.6 is 11.6 Å². The molecule has 2 aromatic rings. The number of methoxy groups -OCH3 is 1. The highest BCUT2D eigenvalue weighted by atomic mass is 35.5. The van der Waals surface area contributed by atoms with Crippen LogP contribution in [0.25, 0.3) is 0 Å². The van der Waals surface area contributed by atoms with E-state index < -0.39 is 5.82 Å². The molecule has 0 aromatic heterocycles. The van der Waals surface area contributed by atoms with Crippen molar-refractivity contribution in [2.24, 2.45) is 11.7 Å². The van der Waals surface area contributed by atoms with E-state index >= 15 is 0 Å². The molecule has 2 aromatic carbocycles. The molecule has 0 saturated heterocycles. The molecule has 0 amide bonds. The number of rotatable bonds is 6. The molecule has 0 aliphatic carbocycles. The summed E-state index contributed by atoms with van der Waals surface area (Å²) in [5, 5.41) is 0.157. The Labute approximate surface area is 129 Å². The maximum absolute atomic E-state index is 13.2. The lowest BCUT2D eigenvalue weighted by atomic mass is 9.92. The molecular formula is C17H19ClFNO. The molecule has 0 aliphatic heterocycles. The molecule has 1 unspecified atom stereocenters. The van der Waals surface area contributed by atoms with Crippen molar-refractivity contribution in [3.63, 3.8) is 0 Å². The average Bonchev–Trinajstić information content (AvgIpc) is 2.50. The second-order valence-electron chi connectivity index (χ2n) is 5.11. The van der Waals surface area contributed by atoms with Gasteiger partial charge in [0.2, 0.25) is 0 Å². The fourth-order valence-corrected chi connectivity index (χ4v) is 2.57. The Kier molecular flexibility index (Phi) is 5.59. The van der Waals surface area contributed by atoms with Gasteiger partial charge in [-0.3, -0.25) is 0 Å². The quantitative estimate of drug-likeness (QED) is 0.880. The van der Waals surface area contributed by atoms with Gasteiger partial charge in [0.05, 0.1) is 12.1 Å². The summed E-state index contributed by atoms with van der Waals surface area (Å²) in [7, 11) is 1.65. The smallest absolute Gasteiger partial charge is 0.141 e. The molecule has 2 nitrogen and oxygen atoms in total. The maximum atomic E-state index is 13.2. The number of halogens is 2. The van der Waals surface area contributed by atoms with Gasteiger partial charge in [-0.05, 0) is 60.7 Å². The number of hydrogen-bond acceptors (Lipinski definition) is 2. The molecule has 0 spiro atoms. The van der Waals surface area contributed by atoms with Crippen LogP contribution in [0.5, 0.6) is 5.75 Å². The zero-order valence-electron chi connectivity index (χ0n) is 12.0. The van der Waals surface area contributed by atoms with E-state index in [1.54, 1.807) is 19.2 Å². The van der Waals surface area contributed by atoms with E-state index in [4.69, 9.17) is 22.1 Å². The van der Waals surface area contributed by atoms with Gasteiger partial charge in [0.15, 0.2) is 0 Å². The van der Waals surface area contributed by atoms with E-state index in [1.807, 2.05) is 18.2 Å². The van der Waals surface area contributed by atoms with Crippen LogP contribution in [0.4, 0.5) is 4.39 Å². The molecule has 21 heavy (non-hydrogen) atoms. The predicted octanol–water partition coefficient (Wildman–Crippen LogP) is 3.85. The zero-order valence-corrected chi connectivity index (χ0v) is 12.7. The summed E-state index contributed by atoms with van der Waals surface area (Å²) in [5.74, 6) is 0.726. The van der Waals surface area contributed by atoms with Crippen LogP contribution in [0.1, 0.15) is 11.1 Å². The SMILES string of the molecule is COc1cccc(CC(CN)Cc2ccc(F)c(Cl)c2)c1. The van der Waals surface area contributed by atoms with Gasteiger partial charge in [0.25, 0.3) is 0 Å². The average molecular weight is 308 g/mol. The van der Waals surface area contributed by atoms with Gasteiger partial charge >= 0.3 is 0 Å². The Morgan fingerprint density at radius 3 is 2.48 bits per heavy atom. The van der Waals surface area contributed by atoms with E-state index in [2.05, 4.69) is 6.07 Å². The third kappa shape index (κ3) is 4.45. The molecule has 112 valence electrons. The third-order valence-corrected chi connectivity index (χ3v) is 3.79. The van der Waals surface area contributed by atoms with Crippen molar-refractivity contribution in [1.29, 1.82) is 0 Å². The monoisotopic (exact) mass is 307 g/mol. The minimum atomic E-state index is -0.391. The van der Waals surface area contributed by atoms with E-state index in [-0.39, 0.29) is 10.9 Å². The molecule has 0 bridgehead atoms. The van der Waals surface area contributed by atoms with Crippen LogP contribution in [0, 0.1) is 11.7 Å². The first-order chi connectivity index (χ1) is 10.1. The van der Waals surface area contributed by atoms with Crippen LogP contribution in [-0.4, -0.2) is 13.7 Å². The van der Waals surface area contributed by atoms with Crippen LogP contribution in [0.2, 0.25) is 5.02 Å². The van der Waals surface area contributed by atoms with Crippen molar-refractivity contribution in [3.05, 3.63) is 64.4 Å². The van der Waals surface area contributed by atoms with Crippen molar-refractivity contribution >= 4 is 11.6 Å². The van der Waals surface area contributed by atoms with Crippen LogP contribution in [-0.2, 0) is 12.8 Å². The van der Waals surface area contributed by atoms with Gasteiger partial charge in [0.1, 0.15) is 11.6 Å². The highest BCUT2D eigenvalue weighted by Gasteiger charge is 2.11. The van der Waals surface area contributed by atoms with Gasteiger partial charge in [0, 0.05) is 0 Å². The Hall–Kier alpha value is -1.58. The summed E-state index contributed by atoms with van der Waals surface area (Å²) < 4.78 is 18.4. The lowest BCUT2D eigenvalue weighted by molar-refractivity contribution is 0.413. The highest BCUT2D eigenvalue weighted by molar-refractivity contribution is 6.30. The summed E-state index contributed by atoms with van der Waals surface area (Å²) in [6.45, 7) is 0.562. The summed E-state index contributed by atoms with van der Waals surface area (Å²) in [6, 6.07) is 12.8. The van der Waals surface area contributed by atoms with Gasteiger partial charge in [-0.25, -0.2) is 4.39 Å². The number of benzene rings is 2. The summed E-state index contributed by atoms with van der Waals surface area (Å²) in [4.78, 5) is 0. The minimum absolute atomic E-state index is 0.157. The number of hydrogen-bond donors (Lipinski definition) is 1. The van der Waals surface area contributed by atoms with Crippen molar-refractivity contribution in [3.8, 4) is 5.75 Å². The standard InChI is InChI=1S/C17H19ClFNO/c1-21-15-4-2-3-12(9-15)7-14(11-20)8-13-5-6-17(19)16(18)10-13/h2-6,9-10,14H,7-8,11,20H2,1H3. The van der Waals surface area contributed by atoms with Crippen molar-refractivity contribution in [2.45, 2.75) is 12.8 Å². The molecule has 1 atom stereocenters. The molecule has 0 fully saturated rings. The molecule has 4 heteroatoms. The van der Waals surface area contributed by atoms with Crippen molar-refractivity contribution in [2.75, 3.05) is 13.7 Å². The Morgan fingerprint density at radius 1 is 1.14 bits per heavy atom. The largest absolute Gasteiger partial charge is 0.497 e. The van der Waals surface area contributed by atoms with Crippen molar-refractivity contribution in [1.82, 2.24) is 0 Å². The Morgan fingerprint density at radius 2 is 1.86 bits per heavy atom. The Balaban J connectivity index is 2.07. The van der Waals surface area contributed by atoms with E-state index in [0.717, 1.165) is 24.2 Å². The number of ether oxygens (including phenoxy) is 1. The van der Waals surface area contributed by atoms with E-state index in [0.29, 0.717) is 6.54 Å². The van der Waals surface area contributed by atoms with Crippen LogP contribution in [0.15, 0.2) is 42.5 Å². The Bertz CT molecular complexity index is 603. The summed E-state index contributed by atoms with van der Waals surface area (Å²) in [6.07, 6.45) is 1.62. The van der Waals surface area contributed by atoms with Crippen LogP contribution in [0.3, 0.4) is 0 Å². The first-order valence-electron chi connectivity index (χ1n) is 6.89. The molecule has 0 heterocycles.